The minimum atomic E-state index is -0.118. The predicted octanol–water partition coefficient (Wildman–Crippen LogP) is 3.70. The van der Waals surface area contributed by atoms with Gasteiger partial charge < -0.3 is 0 Å². The van der Waals surface area contributed by atoms with Crippen LogP contribution in [0.2, 0.25) is 0 Å². The molecule has 14 heavy (non-hydrogen) atoms. The van der Waals surface area contributed by atoms with Crippen LogP contribution in [-0.4, -0.2) is 12.1 Å². The summed E-state index contributed by atoms with van der Waals surface area (Å²) in [5.74, 6) is 1.92. The fourth-order valence-electron chi connectivity index (χ4n) is 1.92. The Morgan fingerprint density at radius 1 is 1.36 bits per heavy atom. The van der Waals surface area contributed by atoms with Crippen LogP contribution in [0.25, 0.3) is 0 Å². The molecular formula is C12H22N2. The zero-order valence-corrected chi connectivity index (χ0v) is 9.99. The summed E-state index contributed by atoms with van der Waals surface area (Å²) in [6.45, 7) is 11.9. The number of hydrogen-bond donors (Lipinski definition) is 0. The van der Waals surface area contributed by atoms with E-state index >= 15 is 0 Å². The van der Waals surface area contributed by atoms with Crippen molar-refractivity contribution in [2.24, 2.45) is 28.0 Å². The molecule has 0 aromatic carbocycles. The number of hydrogen-bond acceptors (Lipinski definition) is 2. The first-order chi connectivity index (χ1) is 6.42. The van der Waals surface area contributed by atoms with Crippen molar-refractivity contribution in [1.82, 2.24) is 0 Å². The molecule has 1 aliphatic rings. The Hall–Kier alpha value is -0.660. The van der Waals surface area contributed by atoms with Gasteiger partial charge in [0.25, 0.3) is 0 Å². The molecule has 0 aromatic heterocycles. The van der Waals surface area contributed by atoms with Gasteiger partial charge in [-0.15, -0.1) is 0 Å². The summed E-state index contributed by atoms with van der Waals surface area (Å²) in [6, 6.07) is 0. The zero-order chi connectivity index (χ0) is 10.8. The molecule has 0 saturated carbocycles. The molecular weight excluding hydrogens is 172 g/mol. The third-order valence-electron chi connectivity index (χ3n) is 2.85. The van der Waals surface area contributed by atoms with Crippen molar-refractivity contribution >= 4 is 0 Å². The summed E-state index contributed by atoms with van der Waals surface area (Å²) < 4.78 is 0. The number of rotatable bonds is 1. The Kier molecular flexibility index (Phi) is 3.46. The molecule has 2 atom stereocenters. The monoisotopic (exact) mass is 194 g/mol. The van der Waals surface area contributed by atoms with Crippen molar-refractivity contribution in [1.29, 1.82) is 0 Å². The van der Waals surface area contributed by atoms with Crippen LogP contribution >= 0.6 is 0 Å². The van der Waals surface area contributed by atoms with Gasteiger partial charge in [-0.3, -0.25) is 0 Å². The molecule has 0 amide bonds. The molecule has 1 heterocycles. The molecule has 0 aliphatic carbocycles. The molecule has 0 fully saturated rings. The van der Waals surface area contributed by atoms with E-state index in [2.05, 4.69) is 57.0 Å². The van der Waals surface area contributed by atoms with Crippen LogP contribution in [0.1, 0.15) is 34.6 Å². The molecule has 0 spiro atoms. The molecule has 0 radical (unpaired) electrons. The predicted molar refractivity (Wildman–Crippen MR) is 60.4 cm³/mol. The summed E-state index contributed by atoms with van der Waals surface area (Å²) in [5, 5.41) is 8.57. The highest BCUT2D eigenvalue weighted by molar-refractivity contribution is 5.05. The lowest BCUT2D eigenvalue weighted by molar-refractivity contribution is 0.327. The third-order valence-corrected chi connectivity index (χ3v) is 2.85. The first kappa shape index (κ1) is 11.4. The molecule has 1 aliphatic heterocycles. The van der Waals surface area contributed by atoms with E-state index in [1.165, 1.54) is 0 Å². The van der Waals surface area contributed by atoms with Crippen molar-refractivity contribution in [2.45, 2.75) is 40.2 Å². The van der Waals surface area contributed by atoms with E-state index in [9.17, 15) is 0 Å². The first-order valence-electron chi connectivity index (χ1n) is 5.50. The highest BCUT2D eigenvalue weighted by Crippen LogP contribution is 2.27. The average molecular weight is 194 g/mol. The quantitative estimate of drug-likeness (QED) is 0.569. The second-order valence-corrected chi connectivity index (χ2v) is 5.24. The molecule has 0 bridgehead atoms. The van der Waals surface area contributed by atoms with Gasteiger partial charge in [0, 0.05) is 0 Å². The first-order valence-corrected chi connectivity index (χ1v) is 5.50. The van der Waals surface area contributed by atoms with Gasteiger partial charge in [-0.1, -0.05) is 32.9 Å². The topological polar surface area (TPSA) is 24.7 Å². The lowest BCUT2D eigenvalue weighted by Gasteiger charge is -2.26. The van der Waals surface area contributed by atoms with Crippen molar-refractivity contribution in [3.63, 3.8) is 0 Å². The van der Waals surface area contributed by atoms with Crippen LogP contribution in [0.15, 0.2) is 22.4 Å². The van der Waals surface area contributed by atoms with Crippen LogP contribution in [0.4, 0.5) is 0 Å². The minimum absolute atomic E-state index is 0.118. The lowest BCUT2D eigenvalue weighted by atomic mass is 9.83. The second-order valence-electron chi connectivity index (χ2n) is 5.24. The summed E-state index contributed by atoms with van der Waals surface area (Å²) in [7, 11) is 0. The molecule has 1 rings (SSSR count). The van der Waals surface area contributed by atoms with Crippen LogP contribution in [0.5, 0.6) is 0 Å². The van der Waals surface area contributed by atoms with E-state index < -0.39 is 0 Å². The van der Waals surface area contributed by atoms with Crippen LogP contribution in [0, 0.1) is 17.8 Å². The molecule has 2 nitrogen and oxygen atoms in total. The fourth-order valence-corrected chi connectivity index (χ4v) is 1.92. The maximum absolute atomic E-state index is 4.30. The van der Waals surface area contributed by atoms with Crippen molar-refractivity contribution in [3.8, 4) is 0 Å². The highest BCUT2D eigenvalue weighted by atomic mass is 15.1. The van der Waals surface area contributed by atoms with Gasteiger partial charge in [0.1, 0.15) is 0 Å². The van der Waals surface area contributed by atoms with Gasteiger partial charge in [0.15, 0.2) is 0 Å². The van der Waals surface area contributed by atoms with Gasteiger partial charge in [0.2, 0.25) is 0 Å². The van der Waals surface area contributed by atoms with E-state index in [0.717, 1.165) is 6.54 Å². The van der Waals surface area contributed by atoms with Gasteiger partial charge in [-0.25, -0.2) is 0 Å². The summed E-state index contributed by atoms with van der Waals surface area (Å²) in [6.07, 6.45) is 4.52. The van der Waals surface area contributed by atoms with E-state index in [1.807, 2.05) is 0 Å². The molecule has 0 aromatic rings. The van der Waals surface area contributed by atoms with Crippen LogP contribution in [-0.2, 0) is 0 Å². The Bertz CT molecular complexity index is 239. The molecule has 0 saturated heterocycles. The average Bonchev–Trinajstić information content (AvgIpc) is 2.00. The van der Waals surface area contributed by atoms with Gasteiger partial charge in [-0.05, 0) is 31.6 Å². The van der Waals surface area contributed by atoms with Crippen molar-refractivity contribution < 1.29 is 0 Å². The Balaban J connectivity index is 2.84. The Morgan fingerprint density at radius 2 is 2.00 bits per heavy atom. The second kappa shape index (κ2) is 4.24. The fraction of sp³-hybridized carbons (Fsp3) is 0.833. The minimum Gasteiger partial charge on any atom is -0.193 e. The summed E-state index contributed by atoms with van der Waals surface area (Å²) in [4.78, 5) is 0. The summed E-state index contributed by atoms with van der Waals surface area (Å²) >= 11 is 0. The maximum atomic E-state index is 4.30. The van der Waals surface area contributed by atoms with Gasteiger partial charge in [0.05, 0.1) is 12.1 Å². The molecule has 80 valence electrons. The SMILES string of the molecule is CC(C)C1/C=C\C(C)(C)/N=N\CC1C. The van der Waals surface area contributed by atoms with Crippen molar-refractivity contribution in [2.75, 3.05) is 6.54 Å². The largest absolute Gasteiger partial charge is 0.193 e. The normalized spacial score (nSPS) is 36.1. The molecule has 2 heteroatoms. The molecule has 2 unspecified atom stereocenters. The lowest BCUT2D eigenvalue weighted by Crippen LogP contribution is -2.22. The smallest absolute Gasteiger partial charge is 0.0939 e. The number of allylic oxidation sites excluding steroid dienone is 1. The highest BCUT2D eigenvalue weighted by Gasteiger charge is 2.22. The number of nitrogens with zero attached hydrogens (tertiary/aromatic N) is 2. The zero-order valence-electron chi connectivity index (χ0n) is 9.99. The van der Waals surface area contributed by atoms with E-state index in [-0.39, 0.29) is 5.54 Å². The van der Waals surface area contributed by atoms with E-state index in [0.29, 0.717) is 17.8 Å². The van der Waals surface area contributed by atoms with Crippen molar-refractivity contribution in [3.05, 3.63) is 12.2 Å². The Morgan fingerprint density at radius 3 is 2.57 bits per heavy atom. The third kappa shape index (κ3) is 2.93. The maximum Gasteiger partial charge on any atom is 0.0939 e. The van der Waals surface area contributed by atoms with Crippen LogP contribution in [0.3, 0.4) is 0 Å². The van der Waals surface area contributed by atoms with E-state index in [1.54, 1.807) is 0 Å². The number of azo groups is 1. The van der Waals surface area contributed by atoms with E-state index in [4.69, 9.17) is 0 Å². The summed E-state index contributed by atoms with van der Waals surface area (Å²) in [5.41, 5.74) is -0.118. The molecule has 0 N–H and O–H groups in total. The van der Waals surface area contributed by atoms with Gasteiger partial charge >= 0.3 is 0 Å². The Labute approximate surface area is 87.5 Å². The standard InChI is InChI=1S/C12H22N2/c1-9(2)11-6-7-12(4,5)14-13-8-10(11)3/h6-7,9-11H,8H2,1-5H3/b7-6-,14-13-. The van der Waals surface area contributed by atoms with Gasteiger partial charge in [-0.2, -0.15) is 10.2 Å². The van der Waals surface area contributed by atoms with Crippen LogP contribution < -0.4 is 0 Å².